The first-order valence-electron chi connectivity index (χ1n) is 18.9. The lowest BCUT2D eigenvalue weighted by Crippen LogP contribution is -2.84. The number of quaternary nitrogens is 1. The van der Waals surface area contributed by atoms with Gasteiger partial charge in [-0.1, -0.05) is 18.2 Å². The van der Waals surface area contributed by atoms with Gasteiger partial charge in [0.15, 0.2) is 11.5 Å². The van der Waals surface area contributed by atoms with Gasteiger partial charge in [0.25, 0.3) is 0 Å². The number of likely N-dealkylation sites (N-methyl/N-ethyl adjacent to an activating group) is 2. The van der Waals surface area contributed by atoms with Crippen molar-refractivity contribution < 1.29 is 38.5 Å². The van der Waals surface area contributed by atoms with Crippen LogP contribution < -0.4 is 20.5 Å². The summed E-state index contributed by atoms with van der Waals surface area (Å²) in [6.07, 6.45) is 6.84. The van der Waals surface area contributed by atoms with Crippen molar-refractivity contribution >= 4 is 12.0 Å². The molecule has 2 spiro atoms. The third-order valence-electron chi connectivity index (χ3n) is 14.2. The van der Waals surface area contributed by atoms with E-state index in [0.29, 0.717) is 24.0 Å². The summed E-state index contributed by atoms with van der Waals surface area (Å²) in [5.41, 5.74) is 7.49. The van der Waals surface area contributed by atoms with Crippen LogP contribution in [0.25, 0.3) is 0 Å². The standard InChI is InChI=1S/C40H54N4O7/c1-37(2,48)30-22-38-14-15-40(30,49-5)35-39(38)16-19-44(4,23-25-6-7-25)31(38)21-26-10-13-29(33(51-35)32(26)39)50-36(47)43(3)18-17-42-34(46)28(41)20-24-8-11-27(45)12-9-24/h8-13,25,28,30-31,35,48H,6-7,14-23,41H2,1-5H3,(H-,42,45,46)/p+1/t28-,30+,31+,35+,38+,39-,40+,44?/m0/s1. The van der Waals surface area contributed by atoms with Crippen molar-refractivity contribution in [1.82, 2.24) is 10.2 Å². The second-order valence-electron chi connectivity index (χ2n) is 17.5. The fourth-order valence-corrected chi connectivity index (χ4v) is 11.7. The van der Waals surface area contributed by atoms with E-state index in [1.54, 1.807) is 38.4 Å². The van der Waals surface area contributed by atoms with E-state index in [2.05, 4.69) is 18.4 Å². The van der Waals surface area contributed by atoms with E-state index in [9.17, 15) is 19.8 Å². The fourth-order valence-electron chi connectivity index (χ4n) is 11.7. The average Bonchev–Trinajstić information content (AvgIpc) is 3.83. The Morgan fingerprint density at radius 1 is 1.16 bits per heavy atom. The van der Waals surface area contributed by atoms with Crippen molar-refractivity contribution in [3.05, 3.63) is 53.1 Å². The van der Waals surface area contributed by atoms with Crippen LogP contribution in [0.4, 0.5) is 4.79 Å². The smallest absolute Gasteiger partial charge is 0.415 e. The molecule has 51 heavy (non-hydrogen) atoms. The van der Waals surface area contributed by atoms with Crippen LogP contribution in [0.15, 0.2) is 36.4 Å². The molecule has 2 heterocycles. The van der Waals surface area contributed by atoms with Crippen LogP contribution in [0.1, 0.15) is 69.1 Å². The van der Waals surface area contributed by atoms with Gasteiger partial charge in [-0.25, -0.2) is 4.79 Å². The van der Waals surface area contributed by atoms with E-state index in [1.165, 1.54) is 35.4 Å². The highest BCUT2D eigenvalue weighted by Crippen LogP contribution is 2.78. The minimum atomic E-state index is -0.958. The molecule has 276 valence electrons. The molecule has 2 aromatic rings. The van der Waals surface area contributed by atoms with Crippen molar-refractivity contribution in [3.8, 4) is 17.2 Å². The van der Waals surface area contributed by atoms with E-state index in [1.807, 2.05) is 19.9 Å². The van der Waals surface area contributed by atoms with Crippen molar-refractivity contribution in [2.75, 3.05) is 47.4 Å². The summed E-state index contributed by atoms with van der Waals surface area (Å²) in [6, 6.07) is 10.3. The lowest BCUT2D eigenvalue weighted by atomic mass is 9.33. The molecule has 4 saturated carbocycles. The van der Waals surface area contributed by atoms with Crippen LogP contribution in [0, 0.1) is 17.3 Å². The van der Waals surface area contributed by atoms with Crippen molar-refractivity contribution in [3.63, 3.8) is 0 Å². The Balaban J connectivity index is 1.04. The van der Waals surface area contributed by atoms with Crippen LogP contribution in [-0.4, -0.2) is 108 Å². The fraction of sp³-hybridized carbons (Fsp3) is 0.650. The monoisotopic (exact) mass is 703 g/mol. The number of nitrogens with one attached hydrogen (secondary N) is 1. The number of ether oxygens (including phenoxy) is 3. The minimum absolute atomic E-state index is 0.0660. The number of carbonyl (C=O) groups excluding carboxylic acids is 2. The number of hydrogen-bond donors (Lipinski definition) is 4. The molecule has 1 unspecified atom stereocenters. The molecule has 4 bridgehead atoms. The predicted molar refractivity (Wildman–Crippen MR) is 191 cm³/mol. The van der Waals surface area contributed by atoms with Crippen molar-refractivity contribution in [2.24, 2.45) is 23.0 Å². The zero-order chi connectivity index (χ0) is 36.1. The number of rotatable bonds is 11. The summed E-state index contributed by atoms with van der Waals surface area (Å²) in [6.45, 7) is 6.59. The summed E-state index contributed by atoms with van der Waals surface area (Å²) in [5.74, 6) is 1.61. The quantitative estimate of drug-likeness (QED) is 0.260. The Morgan fingerprint density at radius 3 is 2.59 bits per heavy atom. The lowest BCUT2D eigenvalue weighted by Gasteiger charge is -2.75. The van der Waals surface area contributed by atoms with Crippen molar-refractivity contribution in [2.45, 2.75) is 100 Å². The number of hydrogen-bond acceptors (Lipinski definition) is 8. The van der Waals surface area contributed by atoms with Gasteiger partial charge >= 0.3 is 6.09 Å². The molecular weight excluding hydrogens is 648 g/mol. The molecule has 2 aromatic carbocycles. The summed E-state index contributed by atoms with van der Waals surface area (Å²) < 4.78 is 21.0. The molecule has 5 N–H and O–H groups in total. The van der Waals surface area contributed by atoms with E-state index < -0.39 is 23.3 Å². The number of phenolic OH excluding ortho intramolecular Hbond substituents is 1. The molecule has 8 atom stereocenters. The van der Waals surface area contributed by atoms with Gasteiger partial charge in [0.05, 0.1) is 43.2 Å². The maximum atomic E-state index is 13.5. The molecule has 2 aliphatic heterocycles. The Labute approximate surface area is 301 Å². The Bertz CT molecular complexity index is 1720. The number of likely N-dealkylation sites (tertiary alicyclic amines) is 1. The number of carbonyl (C=O) groups is 2. The third kappa shape index (κ3) is 5.12. The van der Waals surface area contributed by atoms with Crippen LogP contribution in [-0.2, 0) is 27.8 Å². The molecular formula is C40H55N4O7+. The van der Waals surface area contributed by atoms with Crippen LogP contribution in [0.2, 0.25) is 0 Å². The highest BCUT2D eigenvalue weighted by molar-refractivity contribution is 5.82. The number of piperidine rings is 1. The zero-order valence-corrected chi connectivity index (χ0v) is 30.7. The maximum absolute atomic E-state index is 13.5. The topological polar surface area (TPSA) is 144 Å². The van der Waals surface area contributed by atoms with Gasteiger partial charge < -0.3 is 44.9 Å². The highest BCUT2D eigenvalue weighted by atomic mass is 16.6. The summed E-state index contributed by atoms with van der Waals surface area (Å²) in [7, 11) is 5.92. The second kappa shape index (κ2) is 11.8. The second-order valence-corrected chi connectivity index (χ2v) is 17.5. The van der Waals surface area contributed by atoms with E-state index in [-0.39, 0.29) is 47.6 Å². The first kappa shape index (κ1) is 34.7. The molecule has 0 aromatic heterocycles. The largest absolute Gasteiger partial charge is 0.508 e. The van der Waals surface area contributed by atoms with Gasteiger partial charge in [0.2, 0.25) is 5.91 Å². The van der Waals surface area contributed by atoms with Crippen LogP contribution in [0.5, 0.6) is 17.2 Å². The van der Waals surface area contributed by atoms with E-state index in [0.717, 1.165) is 54.6 Å². The summed E-state index contributed by atoms with van der Waals surface area (Å²) in [4.78, 5) is 27.7. The van der Waals surface area contributed by atoms with Gasteiger partial charge in [-0.15, -0.1) is 0 Å². The molecule has 11 heteroatoms. The zero-order valence-electron chi connectivity index (χ0n) is 30.7. The van der Waals surface area contributed by atoms with Crippen LogP contribution >= 0.6 is 0 Å². The molecule has 2 amide bonds. The predicted octanol–water partition coefficient (Wildman–Crippen LogP) is 3.65. The van der Waals surface area contributed by atoms with Gasteiger partial charge in [-0.3, -0.25) is 4.79 Å². The van der Waals surface area contributed by atoms with E-state index >= 15 is 0 Å². The SMILES string of the molecule is CO[C@]12CC[C@@]3(C[C@@H]1C(C)(C)O)[C@H]1Cc4ccc(OC(=O)N(C)CCNC(=O)[C@@H](N)Cc5ccc(O)cc5)c5c4[C@@]3(CC[N+]1(C)CC1CC1)[C@H]2O5. The Hall–Kier alpha value is -3.38. The third-order valence-corrected chi connectivity index (χ3v) is 14.2. The molecule has 5 aliphatic carbocycles. The molecule has 5 fully saturated rings. The number of aromatic hydroxyl groups is 1. The number of amides is 2. The molecule has 7 aliphatic rings. The number of nitrogens with two attached hydrogens (primary N) is 1. The minimum Gasteiger partial charge on any atom is -0.508 e. The normalized spacial score (nSPS) is 34.7. The highest BCUT2D eigenvalue weighted by Gasteiger charge is 2.84. The van der Waals surface area contributed by atoms with Crippen LogP contribution in [0.3, 0.4) is 0 Å². The average molecular weight is 704 g/mol. The Morgan fingerprint density at radius 2 is 1.90 bits per heavy atom. The van der Waals surface area contributed by atoms with Gasteiger partial charge in [0.1, 0.15) is 17.5 Å². The number of methoxy groups -OCH3 is 1. The number of phenols is 1. The first-order chi connectivity index (χ1) is 24.2. The number of fused-ring (bicyclic) bond motifs is 2. The number of benzene rings is 2. The summed E-state index contributed by atoms with van der Waals surface area (Å²) in [5, 5.41) is 24.1. The van der Waals surface area contributed by atoms with Gasteiger partial charge in [-0.2, -0.15) is 0 Å². The number of aliphatic hydroxyl groups is 1. The Kier molecular flexibility index (Phi) is 8.04. The first-order valence-corrected chi connectivity index (χ1v) is 18.9. The molecule has 11 nitrogen and oxygen atoms in total. The number of nitrogens with zero attached hydrogens (tertiary/aromatic N) is 2. The van der Waals surface area contributed by atoms with E-state index in [4.69, 9.17) is 19.9 Å². The van der Waals surface area contributed by atoms with Gasteiger partial charge in [-0.05, 0) is 81.7 Å². The lowest BCUT2D eigenvalue weighted by molar-refractivity contribution is -0.952. The van der Waals surface area contributed by atoms with Crippen molar-refractivity contribution in [1.29, 1.82) is 0 Å². The molecule has 0 radical (unpaired) electrons. The molecule has 9 rings (SSSR count). The van der Waals surface area contributed by atoms with Gasteiger partial charge in [0, 0.05) is 62.9 Å². The maximum Gasteiger partial charge on any atom is 0.415 e. The summed E-state index contributed by atoms with van der Waals surface area (Å²) >= 11 is 0. The molecule has 1 saturated heterocycles.